The second-order valence-corrected chi connectivity index (χ2v) is 4.23. The lowest BCUT2D eigenvalue weighted by molar-refractivity contribution is 0.102. The van der Waals surface area contributed by atoms with Crippen molar-refractivity contribution in [3.63, 3.8) is 0 Å². The van der Waals surface area contributed by atoms with Gasteiger partial charge in [-0.15, -0.1) is 0 Å². The van der Waals surface area contributed by atoms with E-state index >= 15 is 0 Å². The van der Waals surface area contributed by atoms with Gasteiger partial charge in [-0.3, -0.25) is 4.79 Å². The van der Waals surface area contributed by atoms with Crippen LogP contribution in [0.25, 0.3) is 0 Å². The second-order valence-electron chi connectivity index (χ2n) is 3.82. The molecule has 0 fully saturated rings. The Morgan fingerprint density at radius 1 is 1.47 bits per heavy atom. The summed E-state index contributed by atoms with van der Waals surface area (Å²) in [5.41, 5.74) is 0.610. The predicted molar refractivity (Wildman–Crippen MR) is 72.5 cm³/mol. The fraction of sp³-hybridized carbons (Fsp3) is 0.250. The van der Waals surface area contributed by atoms with E-state index in [-0.39, 0.29) is 10.7 Å². The van der Waals surface area contributed by atoms with Crippen molar-refractivity contribution in [2.24, 2.45) is 0 Å². The molecule has 0 saturated heterocycles. The summed E-state index contributed by atoms with van der Waals surface area (Å²) >= 11 is 5.98. The Labute approximate surface area is 115 Å². The van der Waals surface area contributed by atoms with Crippen molar-refractivity contribution in [3.8, 4) is 0 Å². The molecule has 0 unspecified atom stereocenters. The highest BCUT2D eigenvalue weighted by molar-refractivity contribution is 6.34. The zero-order valence-corrected chi connectivity index (χ0v) is 11.1. The number of halogens is 1. The highest BCUT2D eigenvalue weighted by atomic mass is 35.5. The molecular formula is C12H13ClN4O2. The largest absolute Gasteiger partial charge is 0.370 e. The number of carbonyl (C=O) groups is 1. The molecule has 2 heterocycles. The highest BCUT2D eigenvalue weighted by Gasteiger charge is 2.14. The van der Waals surface area contributed by atoms with Crippen LogP contribution < -0.4 is 10.6 Å². The number of rotatable bonds is 5. The smallest absolute Gasteiger partial charge is 0.276 e. The molecular weight excluding hydrogens is 268 g/mol. The van der Waals surface area contributed by atoms with Crippen LogP contribution in [-0.4, -0.2) is 22.6 Å². The maximum Gasteiger partial charge on any atom is 0.276 e. The van der Waals surface area contributed by atoms with E-state index in [2.05, 4.69) is 25.3 Å². The van der Waals surface area contributed by atoms with E-state index < -0.39 is 5.91 Å². The van der Waals surface area contributed by atoms with Gasteiger partial charge in [0.25, 0.3) is 5.91 Å². The minimum absolute atomic E-state index is 0.156. The molecule has 0 aromatic carbocycles. The standard InChI is InChI=1S/C12H13ClN4O2/c1-2-5-14-10-4-3-9(13)11(17-10)12(18)16-8-6-15-19-7-8/h3-4,6-7H,2,5H2,1H3,(H,14,17)(H,16,18). The number of pyridine rings is 1. The number of anilines is 2. The SMILES string of the molecule is CCCNc1ccc(Cl)c(C(=O)Nc2cnoc2)n1. The zero-order chi connectivity index (χ0) is 13.7. The van der Waals surface area contributed by atoms with E-state index in [1.165, 1.54) is 12.5 Å². The van der Waals surface area contributed by atoms with Gasteiger partial charge in [0.1, 0.15) is 23.5 Å². The first-order chi connectivity index (χ1) is 9.20. The van der Waals surface area contributed by atoms with E-state index in [0.717, 1.165) is 13.0 Å². The van der Waals surface area contributed by atoms with Crippen LogP contribution in [0.4, 0.5) is 11.5 Å². The molecule has 0 aliphatic rings. The number of nitrogens with one attached hydrogen (secondary N) is 2. The van der Waals surface area contributed by atoms with Crippen molar-refractivity contribution < 1.29 is 9.32 Å². The lowest BCUT2D eigenvalue weighted by Crippen LogP contribution is -2.15. The number of carbonyl (C=O) groups excluding carboxylic acids is 1. The van der Waals surface area contributed by atoms with E-state index in [9.17, 15) is 4.79 Å². The average molecular weight is 281 g/mol. The van der Waals surface area contributed by atoms with Gasteiger partial charge in [-0.1, -0.05) is 23.7 Å². The number of hydrogen-bond acceptors (Lipinski definition) is 5. The van der Waals surface area contributed by atoms with Crippen LogP contribution in [0.2, 0.25) is 5.02 Å². The Morgan fingerprint density at radius 3 is 3.00 bits per heavy atom. The van der Waals surface area contributed by atoms with E-state index in [1.54, 1.807) is 12.1 Å². The Balaban J connectivity index is 2.15. The predicted octanol–water partition coefficient (Wildman–Crippen LogP) is 2.80. The first-order valence-corrected chi connectivity index (χ1v) is 6.19. The third kappa shape index (κ3) is 3.45. The van der Waals surface area contributed by atoms with Crippen LogP contribution in [0.3, 0.4) is 0 Å². The Morgan fingerprint density at radius 2 is 2.32 bits per heavy atom. The summed E-state index contributed by atoms with van der Waals surface area (Å²) in [7, 11) is 0. The first-order valence-electron chi connectivity index (χ1n) is 5.82. The minimum atomic E-state index is -0.409. The number of amides is 1. The van der Waals surface area contributed by atoms with Crippen LogP contribution in [-0.2, 0) is 0 Å². The molecule has 0 bridgehead atoms. The lowest BCUT2D eigenvalue weighted by Gasteiger charge is -2.07. The zero-order valence-electron chi connectivity index (χ0n) is 10.3. The van der Waals surface area contributed by atoms with E-state index in [4.69, 9.17) is 11.6 Å². The first kappa shape index (κ1) is 13.4. The number of hydrogen-bond donors (Lipinski definition) is 2. The summed E-state index contributed by atoms with van der Waals surface area (Å²) in [6.07, 6.45) is 3.68. The van der Waals surface area contributed by atoms with Crippen LogP contribution in [0.5, 0.6) is 0 Å². The fourth-order valence-corrected chi connectivity index (χ4v) is 1.60. The van der Waals surface area contributed by atoms with Gasteiger partial charge in [-0.05, 0) is 18.6 Å². The molecule has 0 radical (unpaired) electrons. The van der Waals surface area contributed by atoms with Gasteiger partial charge in [0.2, 0.25) is 0 Å². The molecule has 7 heteroatoms. The Hall–Kier alpha value is -2.08. The summed E-state index contributed by atoms with van der Waals surface area (Å²) in [5.74, 6) is 0.204. The fourth-order valence-electron chi connectivity index (χ4n) is 1.41. The van der Waals surface area contributed by atoms with Gasteiger partial charge in [-0.25, -0.2) is 4.98 Å². The van der Waals surface area contributed by atoms with Crippen LogP contribution in [0.15, 0.2) is 29.1 Å². The normalized spacial score (nSPS) is 10.2. The quantitative estimate of drug-likeness (QED) is 0.880. The van der Waals surface area contributed by atoms with Crippen LogP contribution in [0.1, 0.15) is 23.8 Å². The Bertz CT molecular complexity index is 557. The van der Waals surface area contributed by atoms with E-state index in [0.29, 0.717) is 11.5 Å². The molecule has 0 aliphatic carbocycles. The van der Waals surface area contributed by atoms with E-state index in [1.807, 2.05) is 6.92 Å². The van der Waals surface area contributed by atoms with Crippen LogP contribution in [0, 0.1) is 0 Å². The molecule has 6 nitrogen and oxygen atoms in total. The van der Waals surface area contributed by atoms with Gasteiger partial charge >= 0.3 is 0 Å². The molecule has 2 rings (SSSR count). The van der Waals surface area contributed by atoms with Gasteiger partial charge in [0.15, 0.2) is 0 Å². The number of nitrogens with zero attached hydrogens (tertiary/aromatic N) is 2. The van der Waals surface area contributed by atoms with Crippen molar-refractivity contribution in [3.05, 3.63) is 35.3 Å². The lowest BCUT2D eigenvalue weighted by atomic mass is 10.3. The minimum Gasteiger partial charge on any atom is -0.370 e. The number of aromatic nitrogens is 2. The van der Waals surface area contributed by atoms with Crippen molar-refractivity contribution >= 4 is 29.0 Å². The van der Waals surface area contributed by atoms with Crippen molar-refractivity contribution in [2.45, 2.75) is 13.3 Å². The van der Waals surface area contributed by atoms with Crippen molar-refractivity contribution in [1.29, 1.82) is 0 Å². The summed E-state index contributed by atoms with van der Waals surface area (Å²) < 4.78 is 4.63. The second kappa shape index (κ2) is 6.19. The topological polar surface area (TPSA) is 80.0 Å². The summed E-state index contributed by atoms with van der Waals surface area (Å²) in [4.78, 5) is 16.2. The average Bonchev–Trinajstić information content (AvgIpc) is 2.90. The molecule has 0 spiro atoms. The third-order valence-corrected chi connectivity index (χ3v) is 2.61. The molecule has 2 aromatic heterocycles. The molecule has 1 amide bonds. The van der Waals surface area contributed by atoms with Gasteiger partial charge in [-0.2, -0.15) is 0 Å². The monoisotopic (exact) mass is 280 g/mol. The third-order valence-electron chi connectivity index (χ3n) is 2.31. The summed E-state index contributed by atoms with van der Waals surface area (Å²) in [6, 6.07) is 3.36. The van der Waals surface area contributed by atoms with Gasteiger partial charge < -0.3 is 15.2 Å². The molecule has 2 aromatic rings. The van der Waals surface area contributed by atoms with Crippen molar-refractivity contribution in [1.82, 2.24) is 10.1 Å². The molecule has 2 N–H and O–H groups in total. The van der Waals surface area contributed by atoms with Gasteiger partial charge in [0, 0.05) is 6.54 Å². The molecule has 19 heavy (non-hydrogen) atoms. The highest BCUT2D eigenvalue weighted by Crippen LogP contribution is 2.18. The maximum absolute atomic E-state index is 12.0. The summed E-state index contributed by atoms with van der Waals surface area (Å²) in [5, 5.41) is 9.47. The molecule has 0 saturated carbocycles. The molecule has 0 aliphatic heterocycles. The van der Waals surface area contributed by atoms with Crippen molar-refractivity contribution in [2.75, 3.05) is 17.2 Å². The summed E-state index contributed by atoms with van der Waals surface area (Å²) in [6.45, 7) is 2.82. The molecule has 0 atom stereocenters. The Kier molecular flexibility index (Phi) is 4.35. The maximum atomic E-state index is 12.0. The molecule has 100 valence electrons. The van der Waals surface area contributed by atoms with Gasteiger partial charge in [0.05, 0.1) is 11.2 Å². The van der Waals surface area contributed by atoms with Crippen LogP contribution >= 0.6 is 11.6 Å².